The Hall–Kier alpha value is -0.770. The van der Waals surface area contributed by atoms with Crippen molar-refractivity contribution in [1.29, 1.82) is 0 Å². The monoisotopic (exact) mass is 257 g/mol. The summed E-state index contributed by atoms with van der Waals surface area (Å²) in [7, 11) is 0. The third-order valence-electron chi connectivity index (χ3n) is 2.51. The first-order valence-electron chi connectivity index (χ1n) is 4.66. The van der Waals surface area contributed by atoms with Crippen molar-refractivity contribution >= 4 is 21.8 Å². The van der Waals surface area contributed by atoms with Crippen molar-refractivity contribution in [2.24, 2.45) is 0 Å². The number of likely N-dealkylation sites (tertiary alicyclic amines) is 1. The van der Waals surface area contributed by atoms with Crippen LogP contribution in [-0.2, 0) is 0 Å². The number of furan rings is 1. The SMILES string of the molecule is Cc1occc1C(=O)N1CCC(Br)C1. The Labute approximate surface area is 91.2 Å². The predicted octanol–water partition coefficient (Wildman–Crippen LogP) is 2.20. The molecule has 14 heavy (non-hydrogen) atoms. The lowest BCUT2D eigenvalue weighted by Gasteiger charge is -2.14. The number of amides is 1. The largest absolute Gasteiger partial charge is 0.469 e. The molecule has 0 spiro atoms. The topological polar surface area (TPSA) is 33.5 Å². The Bertz CT molecular complexity index is 348. The van der Waals surface area contributed by atoms with E-state index in [-0.39, 0.29) is 5.91 Å². The van der Waals surface area contributed by atoms with E-state index in [0.717, 1.165) is 19.5 Å². The fraction of sp³-hybridized carbons (Fsp3) is 0.500. The molecule has 1 aromatic rings. The van der Waals surface area contributed by atoms with Gasteiger partial charge in [0.05, 0.1) is 11.8 Å². The van der Waals surface area contributed by atoms with Crippen LogP contribution in [0.2, 0.25) is 0 Å². The molecule has 3 nitrogen and oxygen atoms in total. The van der Waals surface area contributed by atoms with Gasteiger partial charge in [-0.3, -0.25) is 4.79 Å². The molecule has 1 aliphatic rings. The van der Waals surface area contributed by atoms with Crippen molar-refractivity contribution in [2.45, 2.75) is 18.2 Å². The van der Waals surface area contributed by atoms with E-state index in [4.69, 9.17) is 4.42 Å². The van der Waals surface area contributed by atoms with Crippen molar-refractivity contribution in [2.75, 3.05) is 13.1 Å². The highest BCUT2D eigenvalue weighted by atomic mass is 79.9. The molecule has 2 heterocycles. The minimum atomic E-state index is 0.0817. The molecule has 0 bridgehead atoms. The molecular weight excluding hydrogens is 246 g/mol. The first-order chi connectivity index (χ1) is 6.68. The number of nitrogens with zero attached hydrogens (tertiary/aromatic N) is 1. The summed E-state index contributed by atoms with van der Waals surface area (Å²) in [5.41, 5.74) is 0.687. The summed E-state index contributed by atoms with van der Waals surface area (Å²) in [6.45, 7) is 3.44. The molecule has 76 valence electrons. The quantitative estimate of drug-likeness (QED) is 0.723. The van der Waals surface area contributed by atoms with E-state index in [9.17, 15) is 4.79 Å². The Balaban J connectivity index is 2.13. The zero-order valence-corrected chi connectivity index (χ0v) is 9.58. The van der Waals surface area contributed by atoms with E-state index in [1.807, 2.05) is 11.8 Å². The summed E-state index contributed by atoms with van der Waals surface area (Å²) < 4.78 is 5.11. The maximum Gasteiger partial charge on any atom is 0.257 e. The van der Waals surface area contributed by atoms with Gasteiger partial charge in [0.25, 0.3) is 5.91 Å². The van der Waals surface area contributed by atoms with Crippen LogP contribution in [0.5, 0.6) is 0 Å². The highest BCUT2D eigenvalue weighted by molar-refractivity contribution is 9.09. The number of hydrogen-bond donors (Lipinski definition) is 0. The number of halogens is 1. The Morgan fingerprint density at radius 1 is 1.71 bits per heavy atom. The minimum Gasteiger partial charge on any atom is -0.469 e. The highest BCUT2D eigenvalue weighted by Gasteiger charge is 2.26. The molecule has 0 saturated carbocycles. The molecule has 0 radical (unpaired) electrons. The third-order valence-corrected chi connectivity index (χ3v) is 3.25. The van der Waals surface area contributed by atoms with Gasteiger partial charge in [-0.05, 0) is 19.4 Å². The first kappa shape index (κ1) is 9.77. The fourth-order valence-corrected chi connectivity index (χ4v) is 2.23. The fourth-order valence-electron chi connectivity index (χ4n) is 1.68. The summed E-state index contributed by atoms with van der Waals surface area (Å²) in [5.74, 6) is 0.784. The predicted molar refractivity (Wildman–Crippen MR) is 56.7 cm³/mol. The summed E-state index contributed by atoms with van der Waals surface area (Å²) in [6, 6.07) is 1.74. The summed E-state index contributed by atoms with van der Waals surface area (Å²) in [6.07, 6.45) is 2.59. The van der Waals surface area contributed by atoms with Crippen LogP contribution in [0.25, 0.3) is 0 Å². The van der Waals surface area contributed by atoms with Gasteiger partial charge in [0.2, 0.25) is 0 Å². The van der Waals surface area contributed by atoms with E-state index in [1.54, 1.807) is 12.3 Å². The molecule has 1 atom stereocenters. The van der Waals surface area contributed by atoms with Gasteiger partial charge >= 0.3 is 0 Å². The first-order valence-corrected chi connectivity index (χ1v) is 5.57. The maximum absolute atomic E-state index is 11.9. The highest BCUT2D eigenvalue weighted by Crippen LogP contribution is 2.20. The van der Waals surface area contributed by atoms with E-state index in [2.05, 4.69) is 15.9 Å². The number of rotatable bonds is 1. The van der Waals surface area contributed by atoms with Crippen LogP contribution in [0.1, 0.15) is 22.5 Å². The third kappa shape index (κ3) is 1.71. The second-order valence-electron chi connectivity index (χ2n) is 3.53. The van der Waals surface area contributed by atoms with Crippen molar-refractivity contribution in [3.05, 3.63) is 23.7 Å². The van der Waals surface area contributed by atoms with E-state index in [0.29, 0.717) is 16.2 Å². The van der Waals surface area contributed by atoms with Gasteiger partial charge in [-0.1, -0.05) is 15.9 Å². The lowest BCUT2D eigenvalue weighted by Crippen LogP contribution is -2.28. The number of carbonyl (C=O) groups excluding carboxylic acids is 1. The standard InChI is InChI=1S/C10H12BrNO2/c1-7-9(3-5-14-7)10(13)12-4-2-8(11)6-12/h3,5,8H,2,4,6H2,1H3. The Kier molecular flexibility index (Phi) is 2.63. The molecule has 4 heteroatoms. The maximum atomic E-state index is 11.9. The van der Waals surface area contributed by atoms with Crippen LogP contribution in [0, 0.1) is 6.92 Å². The summed E-state index contributed by atoms with van der Waals surface area (Å²) in [4.78, 5) is 14.2. The van der Waals surface area contributed by atoms with Crippen LogP contribution in [0.4, 0.5) is 0 Å². The number of aryl methyl sites for hydroxylation is 1. The Morgan fingerprint density at radius 2 is 2.50 bits per heavy atom. The van der Waals surface area contributed by atoms with Crippen molar-refractivity contribution in [3.63, 3.8) is 0 Å². The molecule has 1 aromatic heterocycles. The van der Waals surface area contributed by atoms with Crippen LogP contribution < -0.4 is 0 Å². The number of hydrogen-bond acceptors (Lipinski definition) is 2. The second-order valence-corrected chi connectivity index (χ2v) is 4.82. The average Bonchev–Trinajstić information content (AvgIpc) is 2.73. The molecule has 1 amide bonds. The zero-order chi connectivity index (χ0) is 10.1. The molecule has 0 N–H and O–H groups in total. The van der Waals surface area contributed by atoms with Crippen molar-refractivity contribution < 1.29 is 9.21 Å². The summed E-state index contributed by atoms with van der Waals surface area (Å²) in [5, 5.41) is 0. The van der Waals surface area contributed by atoms with Gasteiger partial charge in [-0.25, -0.2) is 0 Å². The molecule has 1 aliphatic heterocycles. The lowest BCUT2D eigenvalue weighted by molar-refractivity contribution is 0.0791. The number of carbonyl (C=O) groups is 1. The molecule has 2 rings (SSSR count). The van der Waals surface area contributed by atoms with E-state index < -0.39 is 0 Å². The summed E-state index contributed by atoms with van der Waals surface area (Å²) >= 11 is 3.51. The average molecular weight is 258 g/mol. The van der Waals surface area contributed by atoms with Gasteiger partial charge < -0.3 is 9.32 Å². The molecule has 1 unspecified atom stereocenters. The lowest BCUT2D eigenvalue weighted by atomic mass is 10.2. The minimum absolute atomic E-state index is 0.0817. The normalized spacial score (nSPS) is 21.6. The molecule has 0 aromatic carbocycles. The van der Waals surface area contributed by atoms with Gasteiger partial charge in [-0.15, -0.1) is 0 Å². The molecule has 1 saturated heterocycles. The van der Waals surface area contributed by atoms with Crippen LogP contribution in [-0.4, -0.2) is 28.7 Å². The van der Waals surface area contributed by atoms with Gasteiger partial charge in [0, 0.05) is 17.9 Å². The van der Waals surface area contributed by atoms with Crippen molar-refractivity contribution in [1.82, 2.24) is 4.90 Å². The van der Waals surface area contributed by atoms with Gasteiger partial charge in [0.1, 0.15) is 5.76 Å². The van der Waals surface area contributed by atoms with E-state index >= 15 is 0 Å². The molecule has 1 fully saturated rings. The van der Waals surface area contributed by atoms with Gasteiger partial charge in [0.15, 0.2) is 0 Å². The number of alkyl halides is 1. The van der Waals surface area contributed by atoms with Crippen LogP contribution in [0.3, 0.4) is 0 Å². The Morgan fingerprint density at radius 3 is 3.00 bits per heavy atom. The molecule has 0 aliphatic carbocycles. The van der Waals surface area contributed by atoms with Crippen molar-refractivity contribution in [3.8, 4) is 0 Å². The van der Waals surface area contributed by atoms with E-state index in [1.165, 1.54) is 0 Å². The van der Waals surface area contributed by atoms with Gasteiger partial charge in [-0.2, -0.15) is 0 Å². The van der Waals surface area contributed by atoms with Crippen LogP contribution >= 0.6 is 15.9 Å². The second kappa shape index (κ2) is 3.77. The smallest absolute Gasteiger partial charge is 0.257 e. The molecular formula is C10H12BrNO2. The zero-order valence-electron chi connectivity index (χ0n) is 8.00. The van der Waals surface area contributed by atoms with Crippen LogP contribution in [0.15, 0.2) is 16.7 Å².